The highest BCUT2D eigenvalue weighted by molar-refractivity contribution is 9.11. The monoisotopic (exact) mass is 353 g/mol. The van der Waals surface area contributed by atoms with Crippen LogP contribution < -0.4 is 5.32 Å². The molecule has 2 unspecified atom stereocenters. The Balaban J connectivity index is 2.53. The smallest absolute Gasteiger partial charge is 0.274 e. The molecule has 21 heavy (non-hydrogen) atoms. The van der Waals surface area contributed by atoms with E-state index in [1.54, 1.807) is 6.08 Å². The SMILES string of the molecule is CC(=O)NC1C2=CC(N=[N+]=[N-])CCC2=C(Br)C=C1[N+](=O)[O-]. The number of azide groups is 1. The minimum atomic E-state index is -0.828. The van der Waals surface area contributed by atoms with Gasteiger partial charge in [0.2, 0.25) is 5.91 Å². The third-order valence-electron chi connectivity index (χ3n) is 3.34. The Morgan fingerprint density at radius 3 is 2.95 bits per heavy atom. The van der Waals surface area contributed by atoms with E-state index in [-0.39, 0.29) is 17.6 Å². The van der Waals surface area contributed by atoms with Gasteiger partial charge in [-0.3, -0.25) is 14.9 Å². The molecule has 2 aliphatic rings. The first-order chi connectivity index (χ1) is 9.93. The number of nitro groups is 1. The van der Waals surface area contributed by atoms with Crippen LogP contribution in [-0.4, -0.2) is 22.9 Å². The number of nitrogens with one attached hydrogen (secondary N) is 1. The lowest BCUT2D eigenvalue weighted by Gasteiger charge is -2.30. The second-order valence-corrected chi connectivity index (χ2v) is 5.57. The van der Waals surface area contributed by atoms with Crippen LogP contribution in [0, 0.1) is 10.1 Å². The van der Waals surface area contributed by atoms with Gasteiger partial charge in [-0.05, 0) is 29.5 Å². The summed E-state index contributed by atoms with van der Waals surface area (Å²) in [4.78, 5) is 24.8. The summed E-state index contributed by atoms with van der Waals surface area (Å²) in [6.45, 7) is 1.30. The molecule has 2 atom stereocenters. The standard InChI is InChI=1S/C12H12BrN5O3/c1-6(19)15-12-9-4-7(16-17-14)2-3-8(9)10(13)5-11(12)18(20)21/h4-5,7,12H,2-3H2,1H3,(H,15,19). The van der Waals surface area contributed by atoms with Crippen molar-refractivity contribution in [2.24, 2.45) is 5.11 Å². The molecule has 0 aromatic carbocycles. The summed E-state index contributed by atoms with van der Waals surface area (Å²) >= 11 is 3.33. The van der Waals surface area contributed by atoms with Crippen molar-refractivity contribution >= 4 is 21.8 Å². The zero-order valence-corrected chi connectivity index (χ0v) is 12.7. The second kappa shape index (κ2) is 6.11. The van der Waals surface area contributed by atoms with Crippen molar-refractivity contribution in [1.29, 1.82) is 0 Å². The van der Waals surface area contributed by atoms with E-state index in [0.29, 0.717) is 22.9 Å². The molecule has 110 valence electrons. The maximum absolute atomic E-state index is 11.3. The van der Waals surface area contributed by atoms with Crippen LogP contribution in [0.3, 0.4) is 0 Å². The fraction of sp³-hybridized carbons (Fsp3) is 0.417. The molecule has 2 rings (SSSR count). The van der Waals surface area contributed by atoms with E-state index in [1.807, 2.05) is 0 Å². The van der Waals surface area contributed by atoms with E-state index in [1.165, 1.54) is 13.0 Å². The predicted molar refractivity (Wildman–Crippen MR) is 78.9 cm³/mol. The van der Waals surface area contributed by atoms with Crippen LogP contribution >= 0.6 is 15.9 Å². The molecule has 0 aromatic rings. The summed E-state index contributed by atoms with van der Waals surface area (Å²) < 4.78 is 0.626. The molecule has 8 nitrogen and oxygen atoms in total. The lowest BCUT2D eigenvalue weighted by molar-refractivity contribution is -0.429. The molecule has 1 N–H and O–H groups in total. The summed E-state index contributed by atoms with van der Waals surface area (Å²) in [7, 11) is 0. The summed E-state index contributed by atoms with van der Waals surface area (Å²) in [6, 6.07) is -1.19. The number of amides is 1. The van der Waals surface area contributed by atoms with Crippen molar-refractivity contribution in [2.75, 3.05) is 0 Å². The maximum Gasteiger partial charge on any atom is 0.274 e. The molecule has 1 amide bonds. The number of carbonyl (C=O) groups excluding carboxylic acids is 1. The van der Waals surface area contributed by atoms with Crippen LogP contribution in [0.4, 0.5) is 0 Å². The summed E-state index contributed by atoms with van der Waals surface area (Å²) in [5.41, 5.74) is 9.93. The van der Waals surface area contributed by atoms with E-state index in [9.17, 15) is 14.9 Å². The van der Waals surface area contributed by atoms with Crippen molar-refractivity contribution < 1.29 is 9.72 Å². The minimum Gasteiger partial charge on any atom is -0.340 e. The van der Waals surface area contributed by atoms with Crippen molar-refractivity contribution in [2.45, 2.75) is 31.8 Å². The third kappa shape index (κ3) is 3.14. The van der Waals surface area contributed by atoms with Crippen molar-refractivity contribution in [3.05, 3.63) is 54.0 Å². The number of carbonyl (C=O) groups is 1. The van der Waals surface area contributed by atoms with Gasteiger partial charge in [0.15, 0.2) is 0 Å². The Hall–Kier alpha value is -2.12. The fourth-order valence-electron chi connectivity index (χ4n) is 2.49. The Bertz CT molecular complexity index is 645. The first-order valence-electron chi connectivity index (χ1n) is 6.22. The Morgan fingerprint density at radius 2 is 2.38 bits per heavy atom. The van der Waals surface area contributed by atoms with Crippen molar-refractivity contribution in [3.63, 3.8) is 0 Å². The van der Waals surface area contributed by atoms with Gasteiger partial charge in [-0.15, -0.1) is 0 Å². The van der Waals surface area contributed by atoms with Gasteiger partial charge in [0.25, 0.3) is 5.70 Å². The van der Waals surface area contributed by atoms with Crippen LogP contribution in [0.5, 0.6) is 0 Å². The Labute approximate surface area is 128 Å². The van der Waals surface area contributed by atoms with Crippen LogP contribution in [-0.2, 0) is 4.79 Å². The molecule has 9 heteroatoms. The van der Waals surface area contributed by atoms with Crippen LogP contribution in [0.2, 0.25) is 0 Å². The number of hydrogen-bond donors (Lipinski definition) is 1. The van der Waals surface area contributed by atoms with E-state index < -0.39 is 11.0 Å². The highest BCUT2D eigenvalue weighted by Gasteiger charge is 2.37. The second-order valence-electron chi connectivity index (χ2n) is 4.72. The van der Waals surface area contributed by atoms with Gasteiger partial charge in [-0.2, -0.15) is 0 Å². The first kappa shape index (κ1) is 15.3. The average molecular weight is 354 g/mol. The maximum atomic E-state index is 11.3. The summed E-state index contributed by atoms with van der Waals surface area (Å²) in [6.07, 6.45) is 4.36. The van der Waals surface area contributed by atoms with Gasteiger partial charge in [-0.25, -0.2) is 0 Å². The van der Waals surface area contributed by atoms with Crippen LogP contribution in [0.25, 0.3) is 10.4 Å². The van der Waals surface area contributed by atoms with Gasteiger partial charge in [0.1, 0.15) is 6.04 Å². The lowest BCUT2D eigenvalue weighted by Crippen LogP contribution is -2.41. The normalized spacial score (nSPS) is 24.3. The zero-order valence-electron chi connectivity index (χ0n) is 11.1. The molecule has 0 saturated heterocycles. The molecule has 0 spiro atoms. The topological polar surface area (TPSA) is 121 Å². The molecule has 0 aliphatic heterocycles. The molecule has 0 aromatic heterocycles. The average Bonchev–Trinajstić information content (AvgIpc) is 2.41. The minimum absolute atomic E-state index is 0.117. The molecular weight excluding hydrogens is 342 g/mol. The van der Waals surface area contributed by atoms with Gasteiger partial charge < -0.3 is 5.32 Å². The van der Waals surface area contributed by atoms with Crippen molar-refractivity contribution in [1.82, 2.24) is 5.32 Å². The summed E-state index contributed by atoms with van der Waals surface area (Å²) in [5, 5.41) is 17.4. The highest BCUT2D eigenvalue weighted by Crippen LogP contribution is 2.39. The van der Waals surface area contributed by atoms with Gasteiger partial charge in [-0.1, -0.05) is 27.1 Å². The number of hydrogen-bond acceptors (Lipinski definition) is 4. The molecule has 0 bridgehead atoms. The van der Waals surface area contributed by atoms with Crippen LogP contribution in [0.1, 0.15) is 19.8 Å². The van der Waals surface area contributed by atoms with Crippen LogP contribution in [0.15, 0.2) is 38.6 Å². The molecule has 0 fully saturated rings. The number of nitrogens with zero attached hydrogens (tertiary/aromatic N) is 4. The third-order valence-corrected chi connectivity index (χ3v) is 4.05. The fourth-order valence-corrected chi connectivity index (χ4v) is 3.15. The van der Waals surface area contributed by atoms with E-state index in [4.69, 9.17) is 5.53 Å². The largest absolute Gasteiger partial charge is 0.340 e. The van der Waals surface area contributed by atoms with Gasteiger partial charge in [0, 0.05) is 22.4 Å². The molecular formula is C12H12BrN5O3. The molecule has 0 saturated carbocycles. The number of halogens is 1. The van der Waals surface area contributed by atoms with Gasteiger partial charge >= 0.3 is 0 Å². The van der Waals surface area contributed by atoms with E-state index >= 15 is 0 Å². The number of allylic oxidation sites excluding steroid dienone is 2. The first-order valence-corrected chi connectivity index (χ1v) is 7.01. The van der Waals surface area contributed by atoms with E-state index in [2.05, 4.69) is 31.3 Å². The lowest BCUT2D eigenvalue weighted by atomic mass is 9.82. The highest BCUT2D eigenvalue weighted by atomic mass is 79.9. The quantitative estimate of drug-likeness (QED) is 0.276. The zero-order chi connectivity index (χ0) is 15.6. The Kier molecular flexibility index (Phi) is 4.44. The number of fused-ring (bicyclic) bond motifs is 1. The predicted octanol–water partition coefficient (Wildman–Crippen LogP) is 2.71. The Morgan fingerprint density at radius 1 is 1.67 bits per heavy atom. The molecule has 0 radical (unpaired) electrons. The summed E-state index contributed by atoms with van der Waals surface area (Å²) in [5.74, 6) is -0.364. The van der Waals surface area contributed by atoms with Gasteiger partial charge in [0.05, 0.1) is 11.0 Å². The number of rotatable bonds is 3. The molecule has 0 heterocycles. The molecule has 2 aliphatic carbocycles. The van der Waals surface area contributed by atoms with E-state index in [0.717, 1.165) is 5.57 Å². The van der Waals surface area contributed by atoms with Crippen molar-refractivity contribution in [3.8, 4) is 0 Å².